The number of carbonyl (C=O) groups excluding carboxylic acids is 3. The number of aliphatic hydroxyl groups is 1. The Kier molecular flexibility index (Phi) is 7.49. The highest BCUT2D eigenvalue weighted by Gasteiger charge is 2.67. The monoisotopic (exact) mass is 585 g/mol. The molecule has 3 N–H and O–H groups in total. The van der Waals surface area contributed by atoms with Crippen LogP contribution in [0.4, 0.5) is 0 Å². The lowest BCUT2D eigenvalue weighted by Gasteiger charge is -2.56. The van der Waals surface area contributed by atoms with Crippen molar-refractivity contribution in [2.24, 2.45) is 0 Å². The molecule has 5 atom stereocenters. The van der Waals surface area contributed by atoms with Gasteiger partial charge in [-0.15, -0.1) is 11.8 Å². The molecule has 0 saturated carbocycles. The zero-order valence-electron chi connectivity index (χ0n) is 23.7. The van der Waals surface area contributed by atoms with Gasteiger partial charge in [-0.2, -0.15) is 0 Å². The Morgan fingerprint density at radius 1 is 1.07 bits per heavy atom. The van der Waals surface area contributed by atoms with Gasteiger partial charge in [-0.3, -0.25) is 14.4 Å². The maximum atomic E-state index is 13.9. The minimum absolute atomic E-state index is 0.0131. The van der Waals surface area contributed by atoms with E-state index in [0.29, 0.717) is 5.56 Å². The number of aliphatic hydroxyl groups excluding tert-OH is 1. The Morgan fingerprint density at radius 2 is 1.81 bits per heavy atom. The summed E-state index contributed by atoms with van der Waals surface area (Å²) in [4.78, 5) is 43.7. The number of nitrogens with one attached hydrogen (secondary N) is 1. The highest BCUT2D eigenvalue weighted by molar-refractivity contribution is 8.01. The van der Waals surface area contributed by atoms with Gasteiger partial charge in [0, 0.05) is 11.1 Å². The van der Waals surface area contributed by atoms with Crippen molar-refractivity contribution in [1.82, 2.24) is 15.1 Å². The van der Waals surface area contributed by atoms with E-state index in [9.17, 15) is 24.6 Å². The second-order valence-corrected chi connectivity index (χ2v) is 12.9. The smallest absolute Gasteiger partial charge is 0.255 e. The van der Waals surface area contributed by atoms with E-state index < -0.39 is 34.9 Å². The first-order valence-corrected chi connectivity index (χ1v) is 15.4. The molecule has 1 unspecified atom stereocenters. The van der Waals surface area contributed by atoms with Crippen molar-refractivity contribution in [1.29, 1.82) is 0 Å². The second-order valence-electron chi connectivity index (χ2n) is 11.5. The molecule has 2 fully saturated rings. The SMILES string of the molecule is Cc1c(O)cccc1C(=O)N[C@@H](Cc1ccccc1)[C@H](O)C(=O)N1CSC2(C)[C@H]1C(=O)N2[C@H]1CCCc2ccccc21. The average Bonchev–Trinajstić information content (AvgIpc) is 3.30. The lowest BCUT2D eigenvalue weighted by Crippen LogP contribution is -2.74. The van der Waals surface area contributed by atoms with Gasteiger partial charge in [0.25, 0.3) is 11.8 Å². The number of phenolic OH excluding ortho intramolecular Hbond substituents is 1. The molecule has 3 aromatic carbocycles. The number of aromatic hydroxyl groups is 1. The van der Waals surface area contributed by atoms with Gasteiger partial charge in [-0.25, -0.2) is 0 Å². The van der Waals surface area contributed by atoms with Gasteiger partial charge >= 0.3 is 0 Å². The molecule has 1 aliphatic carbocycles. The zero-order valence-corrected chi connectivity index (χ0v) is 24.5. The summed E-state index contributed by atoms with van der Waals surface area (Å²) in [6, 6.07) is 20.6. The topological polar surface area (TPSA) is 110 Å². The van der Waals surface area contributed by atoms with E-state index in [4.69, 9.17) is 0 Å². The van der Waals surface area contributed by atoms with E-state index in [1.807, 2.05) is 54.3 Å². The molecular formula is C33H35N3O5S. The average molecular weight is 586 g/mol. The zero-order chi connectivity index (χ0) is 29.6. The third kappa shape index (κ3) is 4.74. The molecule has 0 bridgehead atoms. The van der Waals surface area contributed by atoms with Gasteiger partial charge in [0.15, 0.2) is 6.10 Å². The molecule has 0 spiro atoms. The number of aryl methyl sites for hydroxylation is 1. The van der Waals surface area contributed by atoms with Gasteiger partial charge in [0.05, 0.1) is 18.0 Å². The Morgan fingerprint density at radius 3 is 2.60 bits per heavy atom. The Hall–Kier alpha value is -3.82. The number of likely N-dealkylation sites (tertiary alicyclic amines) is 1. The highest BCUT2D eigenvalue weighted by Crippen LogP contribution is 2.55. The van der Waals surface area contributed by atoms with Crippen LogP contribution in [0.3, 0.4) is 0 Å². The summed E-state index contributed by atoms with van der Waals surface area (Å²) >= 11 is 1.54. The van der Waals surface area contributed by atoms with Crippen molar-refractivity contribution in [2.75, 3.05) is 5.88 Å². The minimum atomic E-state index is -1.58. The largest absolute Gasteiger partial charge is 0.508 e. The molecule has 9 heteroatoms. The van der Waals surface area contributed by atoms with Gasteiger partial charge in [0.1, 0.15) is 16.7 Å². The Balaban J connectivity index is 1.23. The van der Waals surface area contributed by atoms with E-state index in [-0.39, 0.29) is 35.6 Å². The van der Waals surface area contributed by atoms with Crippen molar-refractivity contribution in [3.8, 4) is 5.75 Å². The molecule has 0 aromatic heterocycles. The first kappa shape index (κ1) is 28.3. The number of amides is 3. The quantitative estimate of drug-likeness (QED) is 0.363. The van der Waals surface area contributed by atoms with Crippen LogP contribution in [-0.4, -0.2) is 66.7 Å². The molecule has 218 valence electrons. The van der Waals surface area contributed by atoms with E-state index in [2.05, 4.69) is 17.4 Å². The summed E-state index contributed by atoms with van der Waals surface area (Å²) < 4.78 is 0. The van der Waals surface area contributed by atoms with Crippen molar-refractivity contribution < 1.29 is 24.6 Å². The Bertz CT molecular complexity index is 1530. The Labute approximate surface area is 249 Å². The number of rotatable bonds is 7. The molecule has 6 rings (SSSR count). The minimum Gasteiger partial charge on any atom is -0.508 e. The van der Waals surface area contributed by atoms with Crippen LogP contribution in [0.1, 0.15) is 58.4 Å². The summed E-state index contributed by atoms with van der Waals surface area (Å²) in [5.41, 5.74) is 3.95. The van der Waals surface area contributed by atoms with E-state index in [1.54, 1.807) is 30.8 Å². The predicted molar refractivity (Wildman–Crippen MR) is 161 cm³/mol. The third-order valence-corrected chi connectivity index (χ3v) is 10.4. The molecule has 3 amide bonds. The number of phenols is 1. The van der Waals surface area contributed by atoms with E-state index in [1.165, 1.54) is 22.1 Å². The van der Waals surface area contributed by atoms with Crippen molar-refractivity contribution >= 4 is 29.5 Å². The third-order valence-electron chi connectivity index (χ3n) is 9.00. The fourth-order valence-corrected chi connectivity index (χ4v) is 8.13. The fourth-order valence-electron chi connectivity index (χ4n) is 6.71. The fraction of sp³-hybridized carbons (Fsp3) is 0.364. The normalized spacial score (nSPS) is 24.3. The molecule has 3 aliphatic rings. The molecule has 42 heavy (non-hydrogen) atoms. The number of fused-ring (bicyclic) bond motifs is 2. The van der Waals surface area contributed by atoms with Crippen LogP contribution in [0.5, 0.6) is 5.75 Å². The molecule has 3 aromatic rings. The van der Waals surface area contributed by atoms with Crippen molar-refractivity contribution in [3.05, 3.63) is 101 Å². The van der Waals surface area contributed by atoms with Crippen LogP contribution >= 0.6 is 11.8 Å². The van der Waals surface area contributed by atoms with E-state index in [0.717, 1.165) is 24.8 Å². The van der Waals surface area contributed by atoms with E-state index >= 15 is 0 Å². The molecule has 2 heterocycles. The number of nitrogens with zero attached hydrogens (tertiary/aromatic N) is 2. The first-order chi connectivity index (χ1) is 20.2. The van der Waals surface area contributed by atoms with Gasteiger partial charge in [-0.05, 0) is 68.4 Å². The number of thioether (sulfide) groups is 1. The molecule has 2 saturated heterocycles. The summed E-state index contributed by atoms with van der Waals surface area (Å²) in [7, 11) is 0. The maximum absolute atomic E-state index is 13.9. The van der Waals surface area contributed by atoms with Gasteiger partial charge in [-0.1, -0.05) is 60.7 Å². The van der Waals surface area contributed by atoms with Crippen LogP contribution in [0.2, 0.25) is 0 Å². The maximum Gasteiger partial charge on any atom is 0.255 e. The summed E-state index contributed by atoms with van der Waals surface area (Å²) in [5.74, 6) is -0.934. The van der Waals surface area contributed by atoms with Crippen LogP contribution in [0.25, 0.3) is 0 Å². The number of benzene rings is 3. The molecular weight excluding hydrogens is 550 g/mol. The van der Waals surface area contributed by atoms with Crippen molar-refractivity contribution in [2.45, 2.75) is 68.6 Å². The predicted octanol–water partition coefficient (Wildman–Crippen LogP) is 3.94. The molecule has 8 nitrogen and oxygen atoms in total. The summed E-state index contributed by atoms with van der Waals surface area (Å²) in [6.07, 6.45) is 1.50. The number of carbonyl (C=O) groups is 3. The first-order valence-electron chi connectivity index (χ1n) is 14.4. The number of β-lactam (4-membered cyclic amide) rings is 1. The number of hydrogen-bond acceptors (Lipinski definition) is 6. The second kappa shape index (κ2) is 11.1. The molecule has 2 aliphatic heterocycles. The van der Waals surface area contributed by atoms with Crippen LogP contribution in [0, 0.1) is 6.92 Å². The lowest BCUT2D eigenvalue weighted by molar-refractivity contribution is -0.172. The van der Waals surface area contributed by atoms with Gasteiger partial charge in [0.2, 0.25) is 5.91 Å². The van der Waals surface area contributed by atoms with Crippen LogP contribution in [0.15, 0.2) is 72.8 Å². The highest BCUT2D eigenvalue weighted by atomic mass is 32.2. The molecule has 0 radical (unpaired) electrons. The van der Waals surface area contributed by atoms with Crippen molar-refractivity contribution in [3.63, 3.8) is 0 Å². The summed E-state index contributed by atoms with van der Waals surface area (Å²) in [6.45, 7) is 3.65. The standard InChI is InChI=1S/C33H35N3O5S/c1-20-23(15-9-17-27(20)37)30(39)34-25(18-21-10-4-3-5-11-21)28(38)31(40)35-19-42-33(2)29(35)32(41)36(33)26-16-8-13-22-12-6-7-14-24(22)26/h3-7,9-12,14-15,17,25-26,28-29,37-38H,8,13,16,18-19H2,1-2H3,(H,34,39)/t25-,26-,28-,29+,33?/m0/s1. The van der Waals surface area contributed by atoms with Crippen LogP contribution in [-0.2, 0) is 22.4 Å². The lowest BCUT2D eigenvalue weighted by atomic mass is 9.82. The van der Waals surface area contributed by atoms with Crippen LogP contribution < -0.4 is 5.32 Å². The summed E-state index contributed by atoms with van der Waals surface area (Å²) in [5, 5.41) is 24.4. The number of hydrogen-bond donors (Lipinski definition) is 3. The van der Waals surface area contributed by atoms with Gasteiger partial charge < -0.3 is 25.3 Å².